The van der Waals surface area contributed by atoms with E-state index in [9.17, 15) is 19.2 Å². The van der Waals surface area contributed by atoms with E-state index in [0.717, 1.165) is 17.7 Å². The Labute approximate surface area is 159 Å². The minimum Gasteiger partial charge on any atom is -0.469 e. The predicted molar refractivity (Wildman–Crippen MR) is 99.1 cm³/mol. The van der Waals surface area contributed by atoms with Gasteiger partial charge in [0.15, 0.2) is 0 Å². The van der Waals surface area contributed by atoms with Gasteiger partial charge in [0, 0.05) is 26.1 Å². The van der Waals surface area contributed by atoms with E-state index in [4.69, 9.17) is 4.74 Å². The van der Waals surface area contributed by atoms with Crippen molar-refractivity contribution in [2.75, 3.05) is 26.7 Å². The Bertz CT molecular complexity index is 696. The highest BCUT2D eigenvalue weighted by molar-refractivity contribution is 6.21. The number of hydrogen-bond donors (Lipinski definition) is 0. The third-order valence-electron chi connectivity index (χ3n) is 4.66. The van der Waals surface area contributed by atoms with Crippen LogP contribution >= 0.6 is 0 Å². The molecular formula is C20H26N2O5. The van der Waals surface area contributed by atoms with Gasteiger partial charge in [-0.15, -0.1) is 0 Å². The van der Waals surface area contributed by atoms with Crippen molar-refractivity contribution in [3.05, 3.63) is 35.4 Å². The third-order valence-corrected chi connectivity index (χ3v) is 4.66. The lowest BCUT2D eigenvalue weighted by Crippen LogP contribution is -2.40. The summed E-state index contributed by atoms with van der Waals surface area (Å²) in [6.45, 7) is 4.54. The number of nitrogens with zero attached hydrogens (tertiary/aromatic N) is 2. The van der Waals surface area contributed by atoms with Crippen LogP contribution in [-0.4, -0.2) is 60.2 Å². The molecule has 1 unspecified atom stereocenters. The molecule has 1 aliphatic rings. The molecule has 1 aromatic rings. The lowest BCUT2D eigenvalue weighted by molar-refractivity contribution is -0.146. The highest BCUT2D eigenvalue weighted by Gasteiger charge is 2.35. The van der Waals surface area contributed by atoms with Crippen molar-refractivity contribution in [3.63, 3.8) is 0 Å². The van der Waals surface area contributed by atoms with E-state index >= 15 is 0 Å². The Hall–Kier alpha value is -2.70. The quantitative estimate of drug-likeness (QED) is 0.488. The predicted octanol–water partition coefficient (Wildman–Crippen LogP) is 2.11. The van der Waals surface area contributed by atoms with Gasteiger partial charge in [0.25, 0.3) is 11.8 Å². The van der Waals surface area contributed by atoms with Crippen LogP contribution in [0.5, 0.6) is 0 Å². The van der Waals surface area contributed by atoms with Gasteiger partial charge in [-0.1, -0.05) is 32.4 Å². The van der Waals surface area contributed by atoms with Crippen LogP contribution in [0.15, 0.2) is 24.3 Å². The first-order chi connectivity index (χ1) is 12.9. The highest BCUT2D eigenvalue weighted by atomic mass is 16.5. The zero-order valence-electron chi connectivity index (χ0n) is 16.1. The lowest BCUT2D eigenvalue weighted by atomic mass is 10.1. The van der Waals surface area contributed by atoms with Gasteiger partial charge in [-0.05, 0) is 18.6 Å². The molecule has 0 radical (unpaired) electrons. The van der Waals surface area contributed by atoms with Gasteiger partial charge in [-0.3, -0.25) is 24.1 Å². The van der Waals surface area contributed by atoms with Crippen molar-refractivity contribution in [3.8, 4) is 0 Å². The summed E-state index contributed by atoms with van der Waals surface area (Å²) in [5, 5.41) is 0. The summed E-state index contributed by atoms with van der Waals surface area (Å²) in [6, 6.07) is 6.64. The SMILES string of the molecule is CCCCN(CC(C)C(=O)OC)C(=O)CCN1C(=O)c2ccccc2C1=O. The zero-order valence-corrected chi connectivity index (χ0v) is 16.1. The molecule has 0 saturated carbocycles. The molecule has 27 heavy (non-hydrogen) atoms. The zero-order chi connectivity index (χ0) is 20.0. The van der Waals surface area contributed by atoms with E-state index < -0.39 is 5.92 Å². The minimum atomic E-state index is -0.435. The van der Waals surface area contributed by atoms with E-state index in [0.29, 0.717) is 17.7 Å². The number of amides is 3. The summed E-state index contributed by atoms with van der Waals surface area (Å²) in [5.74, 6) is -1.73. The van der Waals surface area contributed by atoms with E-state index in [2.05, 4.69) is 0 Å². The largest absolute Gasteiger partial charge is 0.469 e. The van der Waals surface area contributed by atoms with E-state index in [1.54, 1.807) is 36.1 Å². The second-order valence-corrected chi connectivity index (χ2v) is 6.68. The number of carbonyl (C=O) groups excluding carboxylic acids is 4. The highest BCUT2D eigenvalue weighted by Crippen LogP contribution is 2.22. The first-order valence-electron chi connectivity index (χ1n) is 9.21. The van der Waals surface area contributed by atoms with Gasteiger partial charge in [0.1, 0.15) is 0 Å². The summed E-state index contributed by atoms with van der Waals surface area (Å²) < 4.78 is 4.73. The maximum atomic E-state index is 12.7. The molecule has 1 aliphatic heterocycles. The summed E-state index contributed by atoms with van der Waals surface area (Å²) in [6.07, 6.45) is 1.75. The number of esters is 1. The number of carbonyl (C=O) groups is 4. The Kier molecular flexibility index (Phi) is 7.10. The molecule has 0 spiro atoms. The molecule has 0 aliphatic carbocycles. The van der Waals surface area contributed by atoms with E-state index in [1.807, 2.05) is 6.92 Å². The first kappa shape index (κ1) is 20.6. The molecule has 2 rings (SSSR count). The Morgan fingerprint density at radius 2 is 1.74 bits per heavy atom. The summed E-state index contributed by atoms with van der Waals surface area (Å²) in [5.41, 5.74) is 0.745. The van der Waals surface area contributed by atoms with Gasteiger partial charge >= 0.3 is 5.97 Å². The van der Waals surface area contributed by atoms with Crippen LogP contribution in [0.2, 0.25) is 0 Å². The number of methoxy groups -OCH3 is 1. The number of hydrogen-bond acceptors (Lipinski definition) is 5. The van der Waals surface area contributed by atoms with Crippen molar-refractivity contribution < 1.29 is 23.9 Å². The molecule has 0 aromatic heterocycles. The van der Waals surface area contributed by atoms with Crippen LogP contribution in [-0.2, 0) is 14.3 Å². The van der Waals surface area contributed by atoms with Crippen LogP contribution in [0.1, 0.15) is 53.8 Å². The van der Waals surface area contributed by atoms with Crippen LogP contribution in [0.3, 0.4) is 0 Å². The molecule has 0 saturated heterocycles. The fourth-order valence-electron chi connectivity index (χ4n) is 3.08. The molecule has 0 N–H and O–H groups in total. The van der Waals surface area contributed by atoms with E-state index in [1.165, 1.54) is 7.11 Å². The van der Waals surface area contributed by atoms with Crippen molar-refractivity contribution in [1.82, 2.24) is 9.80 Å². The van der Waals surface area contributed by atoms with Gasteiger partial charge in [0.2, 0.25) is 5.91 Å². The van der Waals surface area contributed by atoms with E-state index in [-0.39, 0.29) is 43.2 Å². The maximum absolute atomic E-state index is 12.7. The second-order valence-electron chi connectivity index (χ2n) is 6.68. The molecule has 0 fully saturated rings. The molecule has 1 heterocycles. The molecule has 3 amide bonds. The fourth-order valence-corrected chi connectivity index (χ4v) is 3.08. The lowest BCUT2D eigenvalue weighted by Gasteiger charge is -2.26. The average Bonchev–Trinajstić information content (AvgIpc) is 2.92. The first-order valence-corrected chi connectivity index (χ1v) is 9.21. The number of benzene rings is 1. The van der Waals surface area contributed by atoms with Crippen molar-refractivity contribution in [2.24, 2.45) is 5.92 Å². The smallest absolute Gasteiger partial charge is 0.310 e. The Morgan fingerprint density at radius 3 is 2.26 bits per heavy atom. The average molecular weight is 374 g/mol. The number of imide groups is 1. The minimum absolute atomic E-state index is 0.0282. The summed E-state index contributed by atoms with van der Waals surface area (Å²) >= 11 is 0. The summed E-state index contributed by atoms with van der Waals surface area (Å²) in [7, 11) is 1.32. The normalized spacial score (nSPS) is 14.1. The number of fused-ring (bicyclic) bond motifs is 1. The number of ether oxygens (including phenoxy) is 1. The summed E-state index contributed by atoms with van der Waals surface area (Å²) in [4.78, 5) is 51.8. The van der Waals surface area contributed by atoms with Crippen LogP contribution in [0.4, 0.5) is 0 Å². The van der Waals surface area contributed by atoms with Gasteiger partial charge < -0.3 is 9.64 Å². The molecule has 7 nitrogen and oxygen atoms in total. The molecule has 1 atom stereocenters. The second kappa shape index (κ2) is 9.30. The van der Waals surface area contributed by atoms with Crippen molar-refractivity contribution in [1.29, 1.82) is 0 Å². The standard InChI is InChI=1S/C20H26N2O5/c1-4-5-11-21(13-14(2)20(26)27-3)17(23)10-12-22-18(24)15-8-6-7-9-16(15)19(22)25/h6-9,14H,4-5,10-13H2,1-3H3. The van der Waals surface area contributed by atoms with Crippen LogP contribution in [0, 0.1) is 5.92 Å². The molecule has 1 aromatic carbocycles. The van der Waals surface area contributed by atoms with Gasteiger partial charge in [-0.25, -0.2) is 0 Å². The number of rotatable bonds is 9. The monoisotopic (exact) mass is 374 g/mol. The molecule has 7 heteroatoms. The van der Waals surface area contributed by atoms with Gasteiger partial charge in [0.05, 0.1) is 24.2 Å². The topological polar surface area (TPSA) is 84.0 Å². The third kappa shape index (κ3) is 4.72. The van der Waals surface area contributed by atoms with Crippen LogP contribution < -0.4 is 0 Å². The number of unbranched alkanes of at least 4 members (excludes halogenated alkanes) is 1. The molecule has 146 valence electrons. The Balaban J connectivity index is 2.00. The molecular weight excluding hydrogens is 348 g/mol. The van der Waals surface area contributed by atoms with Crippen LogP contribution in [0.25, 0.3) is 0 Å². The van der Waals surface area contributed by atoms with Crippen molar-refractivity contribution >= 4 is 23.7 Å². The fraction of sp³-hybridized carbons (Fsp3) is 0.500. The van der Waals surface area contributed by atoms with Crippen molar-refractivity contribution in [2.45, 2.75) is 33.1 Å². The maximum Gasteiger partial charge on any atom is 0.310 e. The van der Waals surface area contributed by atoms with Gasteiger partial charge in [-0.2, -0.15) is 0 Å². The molecule has 0 bridgehead atoms. The Morgan fingerprint density at radius 1 is 1.15 bits per heavy atom.